The van der Waals surface area contributed by atoms with Crippen LogP contribution < -0.4 is 5.32 Å². The third-order valence-electron chi connectivity index (χ3n) is 2.49. The zero-order chi connectivity index (χ0) is 12.3. The molecule has 1 saturated heterocycles. The van der Waals surface area contributed by atoms with Crippen LogP contribution in [-0.4, -0.2) is 28.4 Å². The van der Waals surface area contributed by atoms with E-state index in [0.717, 1.165) is 22.8 Å². The summed E-state index contributed by atoms with van der Waals surface area (Å²) < 4.78 is 13.6. The molecular weight excluding hydrogens is 257 g/mol. The maximum Gasteiger partial charge on any atom is 0.238 e. The Morgan fingerprint density at radius 1 is 1.47 bits per heavy atom. The van der Waals surface area contributed by atoms with Gasteiger partial charge in [-0.15, -0.1) is 11.8 Å². The van der Waals surface area contributed by atoms with Gasteiger partial charge >= 0.3 is 0 Å². The molecule has 1 fully saturated rings. The molecule has 0 spiro atoms. The molecule has 17 heavy (non-hydrogen) atoms. The normalized spacial score (nSPS) is 20.0. The lowest BCUT2D eigenvalue weighted by molar-refractivity contribution is -0.115. The molecule has 0 radical (unpaired) electrons. The van der Waals surface area contributed by atoms with E-state index in [-0.39, 0.29) is 22.7 Å². The van der Waals surface area contributed by atoms with Crippen molar-refractivity contribution in [2.75, 3.05) is 22.6 Å². The van der Waals surface area contributed by atoms with Crippen LogP contribution in [-0.2, 0) is 4.79 Å². The zero-order valence-corrected chi connectivity index (χ0v) is 11.2. The van der Waals surface area contributed by atoms with E-state index in [1.54, 1.807) is 35.7 Å². The second kappa shape index (κ2) is 5.78. The number of carbonyl (C=O) groups is 1. The highest BCUT2D eigenvalue weighted by molar-refractivity contribution is 8.07. The van der Waals surface area contributed by atoms with Crippen molar-refractivity contribution in [1.82, 2.24) is 0 Å². The molecule has 0 bridgehead atoms. The molecule has 1 aromatic rings. The van der Waals surface area contributed by atoms with Crippen molar-refractivity contribution in [2.24, 2.45) is 0 Å². The Hall–Kier alpha value is -0.680. The van der Waals surface area contributed by atoms with Gasteiger partial charge in [0, 0.05) is 17.3 Å². The first-order chi connectivity index (χ1) is 8.16. The molecule has 1 unspecified atom stereocenters. The van der Waals surface area contributed by atoms with Crippen molar-refractivity contribution in [3.63, 3.8) is 0 Å². The average molecular weight is 271 g/mol. The van der Waals surface area contributed by atoms with Gasteiger partial charge < -0.3 is 5.32 Å². The standard InChI is InChI=1S/C12H14FNOS2/c1-8-2-3-10(9(13)6-8)14-12(15)11-7-16-4-5-17-11/h2-3,6,11H,4-5,7H2,1H3,(H,14,15). The molecule has 1 atom stereocenters. The molecule has 1 N–H and O–H groups in total. The number of nitrogens with one attached hydrogen (secondary N) is 1. The first-order valence-electron chi connectivity index (χ1n) is 5.43. The summed E-state index contributed by atoms with van der Waals surface area (Å²) in [5.74, 6) is 2.42. The Morgan fingerprint density at radius 3 is 2.94 bits per heavy atom. The highest BCUT2D eigenvalue weighted by Gasteiger charge is 2.22. The second-order valence-electron chi connectivity index (χ2n) is 3.91. The van der Waals surface area contributed by atoms with Crippen LogP contribution in [0.2, 0.25) is 0 Å². The van der Waals surface area contributed by atoms with E-state index in [9.17, 15) is 9.18 Å². The third-order valence-corrected chi connectivity index (χ3v) is 5.25. The van der Waals surface area contributed by atoms with Crippen LogP contribution in [0.3, 0.4) is 0 Å². The molecule has 5 heteroatoms. The Bertz CT molecular complexity index is 419. The van der Waals surface area contributed by atoms with Crippen LogP contribution in [0.5, 0.6) is 0 Å². The van der Waals surface area contributed by atoms with E-state index < -0.39 is 0 Å². The van der Waals surface area contributed by atoms with Gasteiger partial charge in [0.15, 0.2) is 0 Å². The van der Waals surface area contributed by atoms with Crippen LogP contribution in [0.15, 0.2) is 18.2 Å². The van der Waals surface area contributed by atoms with Crippen LogP contribution in [0.4, 0.5) is 10.1 Å². The minimum Gasteiger partial charge on any atom is -0.323 e. The predicted octanol–water partition coefficient (Wildman–Crippen LogP) is 2.92. The Morgan fingerprint density at radius 2 is 2.29 bits per heavy atom. The van der Waals surface area contributed by atoms with E-state index in [1.807, 2.05) is 6.92 Å². The van der Waals surface area contributed by atoms with Gasteiger partial charge in [-0.25, -0.2) is 4.39 Å². The Balaban J connectivity index is 2.02. The second-order valence-corrected chi connectivity index (χ2v) is 6.37. The fraction of sp³-hybridized carbons (Fsp3) is 0.417. The minimum absolute atomic E-state index is 0.0607. The lowest BCUT2D eigenvalue weighted by Crippen LogP contribution is -2.30. The van der Waals surface area contributed by atoms with Gasteiger partial charge in [0.2, 0.25) is 5.91 Å². The van der Waals surface area contributed by atoms with Gasteiger partial charge in [-0.05, 0) is 24.6 Å². The number of anilines is 1. The predicted molar refractivity (Wildman–Crippen MR) is 73.3 cm³/mol. The molecule has 2 nitrogen and oxygen atoms in total. The molecular formula is C12H14FNOS2. The molecule has 1 amide bonds. The first-order valence-corrected chi connectivity index (χ1v) is 7.63. The fourth-order valence-corrected chi connectivity index (χ4v) is 4.13. The number of benzene rings is 1. The molecule has 0 aromatic heterocycles. The molecule has 0 saturated carbocycles. The SMILES string of the molecule is Cc1ccc(NC(=O)C2CSCCS2)c(F)c1. The highest BCUT2D eigenvalue weighted by Crippen LogP contribution is 2.25. The number of hydrogen-bond acceptors (Lipinski definition) is 3. The van der Waals surface area contributed by atoms with Crippen molar-refractivity contribution in [2.45, 2.75) is 12.2 Å². The maximum absolute atomic E-state index is 13.6. The van der Waals surface area contributed by atoms with Gasteiger partial charge in [-0.2, -0.15) is 11.8 Å². The number of thioether (sulfide) groups is 2. The first kappa shape index (κ1) is 12.8. The van der Waals surface area contributed by atoms with E-state index in [1.165, 1.54) is 6.07 Å². The smallest absolute Gasteiger partial charge is 0.238 e. The topological polar surface area (TPSA) is 29.1 Å². The highest BCUT2D eigenvalue weighted by atomic mass is 32.2. The quantitative estimate of drug-likeness (QED) is 0.896. The van der Waals surface area contributed by atoms with E-state index in [4.69, 9.17) is 0 Å². The zero-order valence-electron chi connectivity index (χ0n) is 9.53. The summed E-state index contributed by atoms with van der Waals surface area (Å²) in [7, 11) is 0. The van der Waals surface area contributed by atoms with Gasteiger partial charge in [0.25, 0.3) is 0 Å². The van der Waals surface area contributed by atoms with Crippen LogP contribution >= 0.6 is 23.5 Å². The summed E-state index contributed by atoms with van der Waals surface area (Å²) in [4.78, 5) is 11.9. The number of halogens is 1. The summed E-state index contributed by atoms with van der Waals surface area (Å²) in [6.07, 6.45) is 0. The lowest BCUT2D eigenvalue weighted by Gasteiger charge is -2.20. The van der Waals surface area contributed by atoms with Crippen LogP contribution in [0.25, 0.3) is 0 Å². The fourth-order valence-electron chi connectivity index (χ4n) is 1.57. The minimum atomic E-state index is -0.369. The van der Waals surface area contributed by atoms with E-state index >= 15 is 0 Å². The molecule has 1 aliphatic rings. The summed E-state index contributed by atoms with van der Waals surface area (Å²) in [6, 6.07) is 4.84. The number of carbonyl (C=O) groups excluding carboxylic acids is 1. The molecule has 0 aliphatic carbocycles. The van der Waals surface area contributed by atoms with Crippen molar-refractivity contribution in [3.8, 4) is 0 Å². The largest absolute Gasteiger partial charge is 0.323 e. The van der Waals surface area contributed by atoms with Gasteiger partial charge in [0.05, 0.1) is 10.9 Å². The average Bonchev–Trinajstić information content (AvgIpc) is 2.34. The van der Waals surface area contributed by atoms with Crippen LogP contribution in [0.1, 0.15) is 5.56 Å². The number of amides is 1. The van der Waals surface area contributed by atoms with Crippen molar-refractivity contribution < 1.29 is 9.18 Å². The molecule has 92 valence electrons. The molecule has 2 rings (SSSR count). The molecule has 1 heterocycles. The summed E-state index contributed by atoms with van der Waals surface area (Å²) in [5, 5.41) is 2.60. The number of hydrogen-bond donors (Lipinski definition) is 1. The van der Waals surface area contributed by atoms with Crippen LogP contribution in [0, 0.1) is 12.7 Å². The monoisotopic (exact) mass is 271 g/mol. The van der Waals surface area contributed by atoms with Gasteiger partial charge in [-0.3, -0.25) is 4.79 Å². The van der Waals surface area contributed by atoms with E-state index in [2.05, 4.69) is 5.32 Å². The van der Waals surface area contributed by atoms with Gasteiger partial charge in [-0.1, -0.05) is 6.07 Å². The molecule has 1 aliphatic heterocycles. The van der Waals surface area contributed by atoms with Crippen molar-refractivity contribution in [1.29, 1.82) is 0 Å². The summed E-state index contributed by atoms with van der Waals surface area (Å²) in [6.45, 7) is 1.82. The number of rotatable bonds is 2. The lowest BCUT2D eigenvalue weighted by atomic mass is 10.2. The van der Waals surface area contributed by atoms with Crippen molar-refractivity contribution in [3.05, 3.63) is 29.6 Å². The Labute approximate surface area is 109 Å². The Kier molecular flexibility index (Phi) is 4.34. The van der Waals surface area contributed by atoms with E-state index in [0.29, 0.717) is 0 Å². The number of aryl methyl sites for hydroxylation is 1. The maximum atomic E-state index is 13.6. The van der Waals surface area contributed by atoms with Gasteiger partial charge in [0.1, 0.15) is 5.82 Å². The van der Waals surface area contributed by atoms with Crippen molar-refractivity contribution >= 4 is 35.1 Å². The summed E-state index contributed by atoms with van der Waals surface area (Å²) >= 11 is 3.42. The third kappa shape index (κ3) is 3.39. The molecule has 1 aromatic carbocycles. The summed E-state index contributed by atoms with van der Waals surface area (Å²) in [5.41, 5.74) is 1.12.